The monoisotopic (exact) mass is 339 g/mol. The normalized spacial score (nSPS) is 11.8. The third kappa shape index (κ3) is 3.60. The Bertz CT molecular complexity index is 614. The summed E-state index contributed by atoms with van der Waals surface area (Å²) >= 11 is 3.50. The number of hydrogen-bond donors (Lipinski definition) is 1. The molecule has 2 rings (SSSR count). The van der Waals surface area contributed by atoms with Crippen LogP contribution in [0.15, 0.2) is 28.7 Å². The summed E-state index contributed by atoms with van der Waals surface area (Å²) in [7, 11) is 0. The molecule has 0 saturated heterocycles. The van der Waals surface area contributed by atoms with Gasteiger partial charge in [0.1, 0.15) is 11.6 Å². The standard InChI is InChI=1S/C15H19BrFN3/c1-15(2,3)8-12-13(16)14(18)20(19-12)9-10-5-4-6-11(17)7-10/h4-7H,8-9,18H2,1-3H3. The Morgan fingerprint density at radius 3 is 2.65 bits per heavy atom. The number of benzene rings is 1. The highest BCUT2D eigenvalue weighted by atomic mass is 79.9. The molecule has 3 nitrogen and oxygen atoms in total. The summed E-state index contributed by atoms with van der Waals surface area (Å²) in [5.74, 6) is 0.329. The molecule has 0 aliphatic heterocycles. The van der Waals surface area contributed by atoms with Gasteiger partial charge in [0.05, 0.1) is 16.7 Å². The van der Waals surface area contributed by atoms with Crippen LogP contribution in [0.3, 0.4) is 0 Å². The van der Waals surface area contributed by atoms with Crippen molar-refractivity contribution in [2.45, 2.75) is 33.7 Å². The first-order valence-corrected chi connectivity index (χ1v) is 7.31. The highest BCUT2D eigenvalue weighted by Crippen LogP contribution is 2.30. The first-order chi connectivity index (χ1) is 9.26. The zero-order chi connectivity index (χ0) is 14.9. The maximum Gasteiger partial charge on any atom is 0.136 e. The van der Waals surface area contributed by atoms with Crippen molar-refractivity contribution in [3.8, 4) is 0 Å². The van der Waals surface area contributed by atoms with E-state index in [-0.39, 0.29) is 11.2 Å². The van der Waals surface area contributed by atoms with E-state index in [0.717, 1.165) is 22.2 Å². The maximum absolute atomic E-state index is 13.2. The smallest absolute Gasteiger partial charge is 0.136 e. The minimum absolute atomic E-state index is 0.132. The Labute approximate surface area is 127 Å². The molecular formula is C15H19BrFN3. The third-order valence-corrected chi connectivity index (χ3v) is 3.78. The molecule has 2 N–H and O–H groups in total. The maximum atomic E-state index is 13.2. The number of nitrogens with zero attached hydrogens (tertiary/aromatic N) is 2. The number of rotatable bonds is 3. The lowest BCUT2D eigenvalue weighted by Crippen LogP contribution is -2.11. The van der Waals surface area contributed by atoms with Gasteiger partial charge in [-0.1, -0.05) is 32.9 Å². The summed E-state index contributed by atoms with van der Waals surface area (Å²) in [6.45, 7) is 6.93. The van der Waals surface area contributed by atoms with Crippen molar-refractivity contribution in [1.29, 1.82) is 0 Å². The van der Waals surface area contributed by atoms with Gasteiger partial charge in [-0.15, -0.1) is 0 Å². The van der Waals surface area contributed by atoms with E-state index in [2.05, 4.69) is 41.8 Å². The van der Waals surface area contributed by atoms with Gasteiger partial charge in [-0.25, -0.2) is 9.07 Å². The number of nitrogens with two attached hydrogens (primary N) is 1. The average Bonchev–Trinajstić information content (AvgIpc) is 2.56. The molecule has 0 spiro atoms. The van der Waals surface area contributed by atoms with E-state index >= 15 is 0 Å². The molecule has 1 heterocycles. The molecule has 0 radical (unpaired) electrons. The van der Waals surface area contributed by atoms with Gasteiger partial charge in [0.25, 0.3) is 0 Å². The van der Waals surface area contributed by atoms with E-state index in [1.165, 1.54) is 12.1 Å². The molecule has 0 atom stereocenters. The van der Waals surface area contributed by atoms with Crippen molar-refractivity contribution >= 4 is 21.7 Å². The van der Waals surface area contributed by atoms with Crippen LogP contribution in [0.1, 0.15) is 32.0 Å². The number of halogens is 2. The highest BCUT2D eigenvalue weighted by molar-refractivity contribution is 9.10. The van der Waals surface area contributed by atoms with Gasteiger partial charge in [0.15, 0.2) is 0 Å². The molecular weight excluding hydrogens is 321 g/mol. The zero-order valence-electron chi connectivity index (χ0n) is 12.0. The second-order valence-corrected chi connectivity index (χ2v) is 6.96. The topological polar surface area (TPSA) is 43.8 Å². The van der Waals surface area contributed by atoms with Crippen molar-refractivity contribution in [2.24, 2.45) is 5.41 Å². The van der Waals surface area contributed by atoms with E-state index in [1.807, 2.05) is 6.07 Å². The lowest BCUT2D eigenvalue weighted by molar-refractivity contribution is 0.403. The number of nitrogen functional groups attached to an aromatic ring is 1. The van der Waals surface area contributed by atoms with Gasteiger partial charge in [-0.2, -0.15) is 5.10 Å². The second kappa shape index (κ2) is 5.56. The van der Waals surface area contributed by atoms with E-state index in [4.69, 9.17) is 5.73 Å². The molecule has 5 heteroatoms. The highest BCUT2D eigenvalue weighted by Gasteiger charge is 2.19. The molecule has 0 aliphatic carbocycles. The minimum Gasteiger partial charge on any atom is -0.383 e. The summed E-state index contributed by atoms with van der Waals surface area (Å²) in [5, 5.41) is 4.54. The molecule has 0 saturated carbocycles. The Kier molecular flexibility index (Phi) is 4.18. The second-order valence-electron chi connectivity index (χ2n) is 6.17. The van der Waals surface area contributed by atoms with Crippen LogP contribution in [0.4, 0.5) is 10.2 Å². The van der Waals surface area contributed by atoms with Crippen molar-refractivity contribution in [2.75, 3.05) is 5.73 Å². The Balaban J connectivity index is 2.27. The summed E-state index contributed by atoms with van der Waals surface area (Å²) in [5.41, 5.74) is 7.98. The van der Waals surface area contributed by atoms with Gasteiger partial charge in [0.2, 0.25) is 0 Å². The van der Waals surface area contributed by atoms with Crippen molar-refractivity contribution < 1.29 is 4.39 Å². The first-order valence-electron chi connectivity index (χ1n) is 6.51. The van der Waals surface area contributed by atoms with Gasteiger partial charge >= 0.3 is 0 Å². The summed E-state index contributed by atoms with van der Waals surface area (Å²) in [4.78, 5) is 0. The van der Waals surface area contributed by atoms with Crippen molar-refractivity contribution in [3.05, 3.63) is 45.8 Å². The quantitative estimate of drug-likeness (QED) is 0.918. The predicted octanol–water partition coefficient (Wildman–Crippen LogP) is 4.00. The fraction of sp³-hybridized carbons (Fsp3) is 0.400. The zero-order valence-corrected chi connectivity index (χ0v) is 13.5. The predicted molar refractivity (Wildman–Crippen MR) is 83.0 cm³/mol. The van der Waals surface area contributed by atoms with Crippen LogP contribution < -0.4 is 5.73 Å². The molecule has 0 fully saturated rings. The number of anilines is 1. The van der Waals surface area contributed by atoms with Crippen molar-refractivity contribution in [1.82, 2.24) is 9.78 Å². The fourth-order valence-corrected chi connectivity index (χ4v) is 2.47. The number of aromatic nitrogens is 2. The molecule has 2 aromatic rings. The first kappa shape index (κ1) is 15.0. The molecule has 0 aliphatic rings. The van der Waals surface area contributed by atoms with Crippen LogP contribution in [0.25, 0.3) is 0 Å². The van der Waals surface area contributed by atoms with Gasteiger partial charge in [-0.3, -0.25) is 0 Å². The largest absolute Gasteiger partial charge is 0.383 e. The molecule has 0 unspecified atom stereocenters. The summed E-state index contributed by atoms with van der Waals surface area (Å²) in [6, 6.07) is 6.48. The van der Waals surface area contributed by atoms with E-state index < -0.39 is 0 Å². The molecule has 1 aromatic heterocycles. The van der Waals surface area contributed by atoms with E-state index in [9.17, 15) is 4.39 Å². The van der Waals surface area contributed by atoms with Crippen LogP contribution >= 0.6 is 15.9 Å². The van der Waals surface area contributed by atoms with Gasteiger partial charge in [0, 0.05) is 0 Å². The van der Waals surface area contributed by atoms with Gasteiger partial charge < -0.3 is 5.73 Å². The summed E-state index contributed by atoms with van der Waals surface area (Å²) in [6.07, 6.45) is 0.827. The molecule has 20 heavy (non-hydrogen) atoms. The lowest BCUT2D eigenvalue weighted by Gasteiger charge is -2.16. The third-order valence-electron chi connectivity index (χ3n) is 2.92. The number of hydrogen-bond acceptors (Lipinski definition) is 2. The van der Waals surface area contributed by atoms with E-state index in [1.54, 1.807) is 10.7 Å². The molecule has 1 aromatic carbocycles. The van der Waals surface area contributed by atoms with Crippen molar-refractivity contribution in [3.63, 3.8) is 0 Å². The van der Waals surface area contributed by atoms with Gasteiger partial charge in [-0.05, 0) is 45.5 Å². The molecule has 108 valence electrons. The van der Waals surface area contributed by atoms with Crippen LogP contribution in [0.5, 0.6) is 0 Å². The Morgan fingerprint density at radius 2 is 2.05 bits per heavy atom. The fourth-order valence-electron chi connectivity index (χ4n) is 2.05. The molecule has 0 bridgehead atoms. The van der Waals surface area contributed by atoms with Crippen LogP contribution in [-0.2, 0) is 13.0 Å². The van der Waals surface area contributed by atoms with Crippen LogP contribution in [-0.4, -0.2) is 9.78 Å². The molecule has 0 amide bonds. The Morgan fingerprint density at radius 1 is 1.35 bits per heavy atom. The van der Waals surface area contributed by atoms with Crippen LogP contribution in [0.2, 0.25) is 0 Å². The minimum atomic E-state index is -0.248. The van der Waals surface area contributed by atoms with Crippen LogP contribution in [0, 0.1) is 11.2 Å². The summed E-state index contributed by atoms with van der Waals surface area (Å²) < 4.78 is 15.8. The SMILES string of the molecule is CC(C)(C)Cc1nn(Cc2cccc(F)c2)c(N)c1Br. The lowest BCUT2D eigenvalue weighted by atomic mass is 9.91. The average molecular weight is 340 g/mol. The van der Waals surface area contributed by atoms with E-state index in [0.29, 0.717) is 12.4 Å². The Hall–Kier alpha value is -1.36.